The highest BCUT2D eigenvalue weighted by atomic mass is 32.2. The Hall–Kier alpha value is -2.53. The number of rotatable bonds is 3. The van der Waals surface area contributed by atoms with Crippen molar-refractivity contribution in [2.24, 2.45) is 0 Å². The Labute approximate surface area is 125 Å². The number of benzene rings is 2. The van der Waals surface area contributed by atoms with Crippen molar-refractivity contribution in [2.45, 2.75) is 9.79 Å². The fraction of sp³-hybridized carbons (Fsp3) is 0. The van der Waals surface area contributed by atoms with Crippen molar-refractivity contribution in [2.75, 3.05) is 0 Å². The topological polar surface area (TPSA) is 59.4 Å². The molecule has 0 unspecified atom stereocenters. The van der Waals surface area contributed by atoms with Crippen molar-refractivity contribution in [3.8, 4) is 5.75 Å². The average molecular weight is 297 g/mol. The van der Waals surface area contributed by atoms with Gasteiger partial charge in [0.2, 0.25) is 0 Å². The van der Waals surface area contributed by atoms with E-state index < -0.39 is 6.16 Å². The van der Waals surface area contributed by atoms with E-state index in [-0.39, 0.29) is 0 Å². The molecule has 0 atom stereocenters. The zero-order valence-electron chi connectivity index (χ0n) is 10.9. The monoisotopic (exact) mass is 297 g/mol. The molecule has 0 fully saturated rings. The predicted molar refractivity (Wildman–Crippen MR) is 81.0 cm³/mol. The van der Waals surface area contributed by atoms with Crippen LogP contribution in [0.25, 0.3) is 10.9 Å². The maximum atomic E-state index is 10.7. The summed E-state index contributed by atoms with van der Waals surface area (Å²) in [4.78, 5) is 17.1. The van der Waals surface area contributed by atoms with E-state index in [1.807, 2.05) is 42.5 Å². The molecule has 0 amide bonds. The van der Waals surface area contributed by atoms with Crippen LogP contribution in [0.5, 0.6) is 5.75 Å². The first kappa shape index (κ1) is 13.5. The number of hydrogen-bond donors (Lipinski definition) is 1. The van der Waals surface area contributed by atoms with Crippen LogP contribution in [0, 0.1) is 0 Å². The molecule has 3 aromatic rings. The summed E-state index contributed by atoms with van der Waals surface area (Å²) in [5, 5.41) is 9.46. The van der Waals surface area contributed by atoms with Crippen molar-refractivity contribution in [1.29, 1.82) is 0 Å². The molecule has 1 aromatic heterocycles. The first-order valence-corrected chi connectivity index (χ1v) is 7.06. The molecule has 0 saturated carbocycles. The van der Waals surface area contributed by atoms with Crippen LogP contribution in [-0.4, -0.2) is 16.2 Å². The quantitative estimate of drug-likeness (QED) is 0.572. The maximum Gasteiger partial charge on any atom is 0.511 e. The van der Waals surface area contributed by atoms with Crippen molar-refractivity contribution >= 4 is 28.8 Å². The third kappa shape index (κ3) is 3.14. The zero-order chi connectivity index (χ0) is 14.7. The molecule has 4 nitrogen and oxygen atoms in total. The van der Waals surface area contributed by atoms with Crippen molar-refractivity contribution < 1.29 is 14.6 Å². The van der Waals surface area contributed by atoms with Crippen LogP contribution < -0.4 is 4.74 Å². The Morgan fingerprint density at radius 2 is 1.86 bits per heavy atom. The van der Waals surface area contributed by atoms with Gasteiger partial charge in [-0.15, -0.1) is 0 Å². The number of fused-ring (bicyclic) bond motifs is 1. The van der Waals surface area contributed by atoms with Crippen LogP contribution >= 0.6 is 11.8 Å². The molecule has 1 N–H and O–H groups in total. The van der Waals surface area contributed by atoms with Gasteiger partial charge in [0.1, 0.15) is 5.75 Å². The Morgan fingerprint density at radius 3 is 2.62 bits per heavy atom. The summed E-state index contributed by atoms with van der Waals surface area (Å²) in [7, 11) is 0. The van der Waals surface area contributed by atoms with E-state index in [2.05, 4.69) is 4.98 Å². The number of aromatic nitrogens is 1. The second-order valence-electron chi connectivity index (χ2n) is 4.28. The van der Waals surface area contributed by atoms with Gasteiger partial charge in [0.25, 0.3) is 0 Å². The molecule has 3 rings (SSSR count). The highest BCUT2D eigenvalue weighted by molar-refractivity contribution is 7.99. The van der Waals surface area contributed by atoms with Crippen LogP contribution in [0.1, 0.15) is 0 Å². The minimum atomic E-state index is -1.33. The fourth-order valence-electron chi connectivity index (χ4n) is 1.97. The van der Waals surface area contributed by atoms with E-state index in [0.29, 0.717) is 16.7 Å². The molecule has 0 saturated heterocycles. The van der Waals surface area contributed by atoms with Gasteiger partial charge in [-0.25, -0.2) is 4.79 Å². The normalized spacial score (nSPS) is 10.5. The number of carboxylic acid groups (broad SMARTS) is 1. The molecule has 0 radical (unpaired) electrons. The summed E-state index contributed by atoms with van der Waals surface area (Å²) in [5.41, 5.74) is 0.700. The molecular weight excluding hydrogens is 286 g/mol. The van der Waals surface area contributed by atoms with Gasteiger partial charge in [0.05, 0.1) is 5.52 Å². The molecule has 104 valence electrons. The van der Waals surface area contributed by atoms with E-state index >= 15 is 0 Å². The van der Waals surface area contributed by atoms with Gasteiger partial charge in [-0.2, -0.15) is 0 Å². The van der Waals surface area contributed by atoms with Crippen LogP contribution in [0.2, 0.25) is 0 Å². The Balaban J connectivity index is 2.00. The van der Waals surface area contributed by atoms with Gasteiger partial charge in [0.15, 0.2) is 0 Å². The molecule has 0 bridgehead atoms. The number of ether oxygens (including phenoxy) is 1. The molecule has 5 heteroatoms. The summed E-state index contributed by atoms with van der Waals surface area (Å²) < 4.78 is 4.80. The molecule has 0 aliphatic heterocycles. The van der Waals surface area contributed by atoms with E-state index in [9.17, 15) is 4.79 Å². The number of carbonyl (C=O) groups is 1. The highest BCUT2D eigenvalue weighted by Gasteiger charge is 2.08. The lowest BCUT2D eigenvalue weighted by Crippen LogP contribution is -2.03. The molecular formula is C16H11NO3S. The second-order valence-corrected chi connectivity index (χ2v) is 5.42. The standard InChI is InChI=1S/C16H11NO3S/c18-16(19)20-15-8-4-7-14-13(15)9-12(10-17-14)21-11-5-2-1-3-6-11/h1-10H,(H,18,19). The van der Waals surface area contributed by atoms with Crippen molar-refractivity contribution in [3.63, 3.8) is 0 Å². The van der Waals surface area contributed by atoms with Gasteiger partial charge in [-0.3, -0.25) is 4.98 Å². The van der Waals surface area contributed by atoms with E-state index in [4.69, 9.17) is 9.84 Å². The second kappa shape index (κ2) is 5.85. The van der Waals surface area contributed by atoms with Crippen molar-refractivity contribution in [1.82, 2.24) is 4.98 Å². The molecule has 0 spiro atoms. The number of pyridine rings is 1. The molecule has 0 aliphatic carbocycles. The third-order valence-electron chi connectivity index (χ3n) is 2.84. The first-order valence-electron chi connectivity index (χ1n) is 6.25. The minimum absolute atomic E-state index is 0.294. The summed E-state index contributed by atoms with van der Waals surface area (Å²) in [6.45, 7) is 0. The van der Waals surface area contributed by atoms with E-state index in [0.717, 1.165) is 9.79 Å². The zero-order valence-corrected chi connectivity index (χ0v) is 11.7. The minimum Gasteiger partial charge on any atom is -0.449 e. The lowest BCUT2D eigenvalue weighted by molar-refractivity contribution is 0.145. The van der Waals surface area contributed by atoms with Gasteiger partial charge in [-0.1, -0.05) is 36.0 Å². The molecule has 21 heavy (non-hydrogen) atoms. The predicted octanol–water partition coefficient (Wildman–Crippen LogP) is 4.44. The Bertz CT molecular complexity index is 790. The van der Waals surface area contributed by atoms with Gasteiger partial charge < -0.3 is 9.84 Å². The van der Waals surface area contributed by atoms with Crippen LogP contribution in [0.4, 0.5) is 4.79 Å². The molecule has 2 aromatic carbocycles. The summed E-state index contributed by atoms with van der Waals surface area (Å²) in [5.74, 6) is 0.294. The third-order valence-corrected chi connectivity index (χ3v) is 3.80. The fourth-order valence-corrected chi connectivity index (χ4v) is 2.81. The summed E-state index contributed by atoms with van der Waals surface area (Å²) in [6.07, 6.45) is 0.438. The lowest BCUT2D eigenvalue weighted by atomic mass is 10.2. The van der Waals surface area contributed by atoms with Gasteiger partial charge in [0, 0.05) is 21.4 Å². The SMILES string of the molecule is O=C(O)Oc1cccc2ncc(Sc3ccccc3)cc12. The largest absolute Gasteiger partial charge is 0.511 e. The summed E-state index contributed by atoms with van der Waals surface area (Å²) >= 11 is 1.56. The van der Waals surface area contributed by atoms with Crippen LogP contribution in [-0.2, 0) is 0 Å². The van der Waals surface area contributed by atoms with Gasteiger partial charge in [-0.05, 0) is 30.3 Å². The molecule has 0 aliphatic rings. The maximum absolute atomic E-state index is 10.7. The van der Waals surface area contributed by atoms with E-state index in [1.165, 1.54) is 0 Å². The number of hydrogen-bond acceptors (Lipinski definition) is 4. The smallest absolute Gasteiger partial charge is 0.449 e. The van der Waals surface area contributed by atoms with Crippen molar-refractivity contribution in [3.05, 3.63) is 60.8 Å². The highest BCUT2D eigenvalue weighted by Crippen LogP contribution is 2.32. The Morgan fingerprint density at radius 1 is 1.05 bits per heavy atom. The lowest BCUT2D eigenvalue weighted by Gasteiger charge is -2.07. The molecule has 1 heterocycles. The van der Waals surface area contributed by atoms with Gasteiger partial charge >= 0.3 is 6.16 Å². The average Bonchev–Trinajstić information content (AvgIpc) is 2.48. The summed E-state index contributed by atoms with van der Waals surface area (Å²) in [6, 6.07) is 17.0. The Kier molecular flexibility index (Phi) is 3.75. The van der Waals surface area contributed by atoms with Crippen LogP contribution in [0.15, 0.2) is 70.6 Å². The van der Waals surface area contributed by atoms with E-state index in [1.54, 1.807) is 30.1 Å². The number of nitrogens with zero attached hydrogens (tertiary/aromatic N) is 1. The first-order chi connectivity index (χ1) is 10.2. The van der Waals surface area contributed by atoms with Crippen LogP contribution in [0.3, 0.4) is 0 Å².